The Labute approximate surface area is 223 Å². The first-order valence-electron chi connectivity index (χ1n) is 12.7. The van der Waals surface area contributed by atoms with E-state index < -0.39 is 0 Å². The minimum atomic E-state index is -0.164. The molecule has 0 spiro atoms. The zero-order chi connectivity index (χ0) is 26.3. The quantitative estimate of drug-likeness (QED) is 0.331. The van der Waals surface area contributed by atoms with Gasteiger partial charge in [0, 0.05) is 30.2 Å². The van der Waals surface area contributed by atoms with Crippen molar-refractivity contribution in [1.82, 2.24) is 34.9 Å². The van der Waals surface area contributed by atoms with Gasteiger partial charge in [-0.15, -0.1) is 0 Å². The number of rotatable bonds is 6. The van der Waals surface area contributed by atoms with Crippen LogP contribution in [0.1, 0.15) is 32.7 Å². The van der Waals surface area contributed by atoms with E-state index in [4.69, 9.17) is 9.72 Å². The molecule has 0 atom stereocenters. The zero-order valence-electron chi connectivity index (χ0n) is 21.2. The summed E-state index contributed by atoms with van der Waals surface area (Å²) in [6.07, 6.45) is 6.15. The number of ketones is 1. The Kier molecular flexibility index (Phi) is 5.50. The molecule has 0 saturated heterocycles. The molecule has 1 N–H and O–H groups in total. The average molecular weight is 517 g/mol. The number of anilines is 1. The Morgan fingerprint density at radius 2 is 1.87 bits per heavy atom. The number of ether oxygens (including phenoxy) is 1. The molecule has 1 aliphatic rings. The maximum absolute atomic E-state index is 13.3. The average Bonchev–Trinajstić information content (AvgIpc) is 3.62. The number of aromatic nitrogens is 7. The molecule has 0 aliphatic carbocycles. The summed E-state index contributed by atoms with van der Waals surface area (Å²) in [6, 6.07) is 17.1. The lowest BCUT2D eigenvalue weighted by atomic mass is 9.98. The van der Waals surface area contributed by atoms with E-state index >= 15 is 0 Å². The highest BCUT2D eigenvalue weighted by Crippen LogP contribution is 2.32. The second kappa shape index (κ2) is 9.32. The number of hydrogen-bond acceptors (Lipinski definition) is 8. The molecule has 0 unspecified atom stereocenters. The van der Waals surface area contributed by atoms with Gasteiger partial charge < -0.3 is 9.64 Å². The fourth-order valence-corrected chi connectivity index (χ4v) is 5.26. The fraction of sp³-hybridized carbons (Fsp3) is 0.172. The van der Waals surface area contributed by atoms with Crippen molar-refractivity contribution in [1.29, 1.82) is 0 Å². The molecule has 1 aliphatic heterocycles. The molecular formula is C29H24N8O2. The van der Waals surface area contributed by atoms with Gasteiger partial charge in [-0.05, 0) is 35.2 Å². The van der Waals surface area contributed by atoms with Crippen LogP contribution in [-0.4, -0.2) is 54.4 Å². The van der Waals surface area contributed by atoms with Crippen LogP contribution in [0.2, 0.25) is 0 Å². The minimum Gasteiger partial charge on any atom is -0.497 e. The number of carbonyl (C=O) groups excluding carboxylic acids is 1. The molecule has 10 heteroatoms. The number of methoxy groups -OCH3 is 1. The van der Waals surface area contributed by atoms with Crippen LogP contribution in [0.15, 0.2) is 73.3 Å². The van der Waals surface area contributed by atoms with E-state index in [9.17, 15) is 4.79 Å². The molecule has 5 heterocycles. The van der Waals surface area contributed by atoms with Crippen molar-refractivity contribution < 1.29 is 9.53 Å². The summed E-state index contributed by atoms with van der Waals surface area (Å²) in [5.41, 5.74) is 5.79. The summed E-state index contributed by atoms with van der Waals surface area (Å²) in [5, 5.41) is 13.6. The second-order valence-electron chi connectivity index (χ2n) is 9.51. The van der Waals surface area contributed by atoms with E-state index in [0.717, 1.165) is 40.9 Å². The summed E-state index contributed by atoms with van der Waals surface area (Å²) in [6.45, 7) is 1.97. The van der Waals surface area contributed by atoms with Crippen molar-refractivity contribution in [2.24, 2.45) is 0 Å². The third-order valence-corrected chi connectivity index (χ3v) is 7.24. The number of hydrogen-bond donors (Lipinski definition) is 1. The van der Waals surface area contributed by atoms with Crippen molar-refractivity contribution in [3.63, 3.8) is 0 Å². The summed E-state index contributed by atoms with van der Waals surface area (Å²) in [5.74, 6) is 1.35. The van der Waals surface area contributed by atoms with E-state index in [1.807, 2.05) is 59.5 Å². The summed E-state index contributed by atoms with van der Waals surface area (Å²) < 4.78 is 7.20. The fourth-order valence-electron chi connectivity index (χ4n) is 5.26. The molecule has 0 amide bonds. The van der Waals surface area contributed by atoms with Gasteiger partial charge in [0.15, 0.2) is 11.3 Å². The predicted molar refractivity (Wildman–Crippen MR) is 146 cm³/mol. The van der Waals surface area contributed by atoms with E-state index in [-0.39, 0.29) is 5.78 Å². The second-order valence-corrected chi connectivity index (χ2v) is 9.51. The van der Waals surface area contributed by atoms with E-state index in [0.29, 0.717) is 41.2 Å². The largest absolute Gasteiger partial charge is 0.497 e. The van der Waals surface area contributed by atoms with Crippen LogP contribution in [0.5, 0.6) is 5.75 Å². The summed E-state index contributed by atoms with van der Waals surface area (Å²) >= 11 is 0. The Bertz CT molecular complexity index is 1830. The first kappa shape index (κ1) is 23.0. The molecule has 0 saturated carbocycles. The van der Waals surface area contributed by atoms with E-state index in [1.54, 1.807) is 19.2 Å². The highest BCUT2D eigenvalue weighted by molar-refractivity contribution is 6.16. The minimum absolute atomic E-state index is 0.164. The Balaban J connectivity index is 1.20. The summed E-state index contributed by atoms with van der Waals surface area (Å²) in [4.78, 5) is 29.2. The lowest BCUT2D eigenvalue weighted by Gasteiger charge is -2.30. The number of carbonyl (C=O) groups is 1. The number of nitrogens with one attached hydrogen (secondary N) is 1. The maximum Gasteiger partial charge on any atom is 0.214 e. The number of fused-ring (bicyclic) bond motifs is 4. The number of benzene rings is 2. The SMILES string of the molecule is COc1ccc(Cn2ncc3c4c(cnc32)CN(c2ncnc3[nH]nc(C(=O)c5ccccc5)c23)CC4)cc1. The van der Waals surface area contributed by atoms with Gasteiger partial charge in [0.05, 0.1) is 25.2 Å². The Morgan fingerprint density at radius 3 is 2.69 bits per heavy atom. The molecule has 2 aromatic carbocycles. The Hall–Kier alpha value is -5.12. The first-order valence-corrected chi connectivity index (χ1v) is 12.7. The number of nitrogens with zero attached hydrogens (tertiary/aromatic N) is 7. The van der Waals surface area contributed by atoms with Gasteiger partial charge in [0.1, 0.15) is 23.6 Å². The molecular weight excluding hydrogens is 492 g/mol. The predicted octanol–water partition coefficient (Wildman–Crippen LogP) is 3.95. The lowest BCUT2D eigenvalue weighted by molar-refractivity contribution is 0.103. The maximum atomic E-state index is 13.3. The van der Waals surface area contributed by atoms with Gasteiger partial charge in [0.25, 0.3) is 0 Å². The van der Waals surface area contributed by atoms with Crippen LogP contribution < -0.4 is 9.64 Å². The standard InChI is InChI=1S/C29H24N8O2/c1-39-21-9-7-18(8-10-21)15-37-28-23(14-33-37)22-11-12-36(16-20(22)13-30-28)29-24-25(34-35-27(24)31-17-32-29)26(38)19-5-3-2-4-6-19/h2-10,13-14,17H,11-12,15-16H2,1H3,(H,31,32,34,35). The van der Waals surface area contributed by atoms with Crippen LogP contribution in [0.25, 0.3) is 22.1 Å². The van der Waals surface area contributed by atoms with Gasteiger partial charge in [-0.2, -0.15) is 10.2 Å². The molecule has 39 heavy (non-hydrogen) atoms. The lowest BCUT2D eigenvalue weighted by Crippen LogP contribution is -2.31. The van der Waals surface area contributed by atoms with Crippen LogP contribution in [0.3, 0.4) is 0 Å². The topological polar surface area (TPSA) is 115 Å². The summed E-state index contributed by atoms with van der Waals surface area (Å²) in [7, 11) is 1.66. The third-order valence-electron chi connectivity index (χ3n) is 7.24. The van der Waals surface area contributed by atoms with Crippen LogP contribution >= 0.6 is 0 Å². The van der Waals surface area contributed by atoms with Crippen molar-refractivity contribution in [2.45, 2.75) is 19.5 Å². The van der Waals surface area contributed by atoms with Gasteiger partial charge in [0.2, 0.25) is 5.78 Å². The van der Waals surface area contributed by atoms with Crippen LogP contribution in [0.4, 0.5) is 5.82 Å². The van der Waals surface area contributed by atoms with Crippen molar-refractivity contribution in [2.75, 3.05) is 18.6 Å². The van der Waals surface area contributed by atoms with Crippen LogP contribution in [0, 0.1) is 0 Å². The van der Waals surface area contributed by atoms with E-state index in [1.165, 1.54) is 11.9 Å². The smallest absolute Gasteiger partial charge is 0.214 e. The van der Waals surface area contributed by atoms with E-state index in [2.05, 4.69) is 30.2 Å². The molecule has 7 rings (SSSR count). The normalized spacial score (nSPS) is 13.1. The molecule has 0 radical (unpaired) electrons. The monoisotopic (exact) mass is 516 g/mol. The van der Waals surface area contributed by atoms with Gasteiger partial charge >= 0.3 is 0 Å². The molecule has 0 fully saturated rings. The van der Waals surface area contributed by atoms with Crippen molar-refractivity contribution >= 4 is 33.7 Å². The number of H-pyrrole nitrogens is 1. The third kappa shape index (κ3) is 3.97. The Morgan fingerprint density at radius 1 is 1.03 bits per heavy atom. The van der Waals surface area contributed by atoms with Gasteiger partial charge in [-0.1, -0.05) is 42.5 Å². The van der Waals surface area contributed by atoms with Gasteiger partial charge in [-0.25, -0.2) is 19.6 Å². The van der Waals surface area contributed by atoms with Gasteiger partial charge in [-0.3, -0.25) is 9.89 Å². The zero-order valence-corrected chi connectivity index (χ0v) is 21.2. The number of pyridine rings is 1. The molecule has 6 aromatic rings. The molecule has 10 nitrogen and oxygen atoms in total. The molecule has 4 aromatic heterocycles. The molecule has 192 valence electrons. The first-order chi connectivity index (χ1) is 19.2. The van der Waals surface area contributed by atoms with Crippen molar-refractivity contribution in [3.05, 3.63) is 101 Å². The number of aromatic amines is 1. The highest BCUT2D eigenvalue weighted by atomic mass is 16.5. The van der Waals surface area contributed by atoms with Crippen molar-refractivity contribution in [3.8, 4) is 5.75 Å². The molecule has 0 bridgehead atoms. The highest BCUT2D eigenvalue weighted by Gasteiger charge is 2.27. The van der Waals surface area contributed by atoms with Crippen LogP contribution in [-0.2, 0) is 19.5 Å².